The number of benzene rings is 1. The molecule has 6 heteroatoms. The van der Waals surface area contributed by atoms with Crippen molar-refractivity contribution in [2.45, 2.75) is 20.0 Å². The fourth-order valence-corrected chi connectivity index (χ4v) is 1.43. The Morgan fingerprint density at radius 1 is 1.25 bits per heavy atom. The zero-order chi connectivity index (χ0) is 12.0. The molecule has 0 N–H and O–H groups in total. The van der Waals surface area contributed by atoms with Crippen molar-refractivity contribution in [1.29, 1.82) is 0 Å². The molecule has 0 atom stereocenters. The highest BCUT2D eigenvalue weighted by atomic mass is 32.3. The molecular formula is C10H13FO4S. The minimum absolute atomic E-state index is 0.0539. The average molecular weight is 248 g/mol. The molecule has 0 saturated carbocycles. The summed E-state index contributed by atoms with van der Waals surface area (Å²) < 4.78 is 41.8. The van der Waals surface area contributed by atoms with Crippen LogP contribution in [0.5, 0.6) is 5.75 Å². The van der Waals surface area contributed by atoms with Gasteiger partial charge in [0, 0.05) is 6.61 Å². The monoisotopic (exact) mass is 248 g/mol. The molecule has 4 nitrogen and oxygen atoms in total. The SMILES string of the molecule is CCCOCc1ccc(OS(=O)(=O)F)cc1. The molecule has 0 fully saturated rings. The lowest BCUT2D eigenvalue weighted by molar-refractivity contribution is 0.121. The summed E-state index contributed by atoms with van der Waals surface area (Å²) in [5, 5.41) is 0. The first-order valence-corrected chi connectivity index (χ1v) is 6.13. The minimum Gasteiger partial charge on any atom is -0.377 e. The summed E-state index contributed by atoms with van der Waals surface area (Å²) >= 11 is 0. The van der Waals surface area contributed by atoms with Crippen LogP contribution in [0.1, 0.15) is 18.9 Å². The van der Waals surface area contributed by atoms with Crippen LogP contribution in [0.4, 0.5) is 3.89 Å². The predicted octanol–water partition coefficient (Wildman–Crippen LogP) is 2.21. The van der Waals surface area contributed by atoms with Gasteiger partial charge in [-0.25, -0.2) is 0 Å². The van der Waals surface area contributed by atoms with Crippen molar-refractivity contribution >= 4 is 10.5 Å². The van der Waals surface area contributed by atoms with Crippen LogP contribution >= 0.6 is 0 Å². The standard InChI is InChI=1S/C10H13FO4S/c1-2-7-14-8-9-3-5-10(6-4-9)15-16(11,12)13/h3-6H,2,7-8H2,1H3. The maximum atomic E-state index is 12.1. The fourth-order valence-electron chi connectivity index (χ4n) is 1.09. The van der Waals surface area contributed by atoms with E-state index in [9.17, 15) is 12.3 Å². The first-order chi connectivity index (χ1) is 7.51. The number of rotatable bonds is 6. The summed E-state index contributed by atoms with van der Waals surface area (Å²) in [6, 6.07) is 6.00. The lowest BCUT2D eigenvalue weighted by Crippen LogP contribution is -2.01. The molecule has 0 spiro atoms. The zero-order valence-corrected chi connectivity index (χ0v) is 9.67. The van der Waals surface area contributed by atoms with Gasteiger partial charge in [-0.3, -0.25) is 0 Å². The molecule has 90 valence electrons. The Balaban J connectivity index is 2.54. The molecule has 0 aromatic heterocycles. The van der Waals surface area contributed by atoms with E-state index in [1.165, 1.54) is 12.1 Å². The van der Waals surface area contributed by atoms with Crippen molar-refractivity contribution in [2.75, 3.05) is 6.61 Å². The van der Waals surface area contributed by atoms with Crippen LogP contribution in [0.15, 0.2) is 24.3 Å². The van der Waals surface area contributed by atoms with E-state index in [4.69, 9.17) is 4.74 Å². The van der Waals surface area contributed by atoms with Gasteiger partial charge in [0.2, 0.25) is 0 Å². The van der Waals surface area contributed by atoms with Gasteiger partial charge in [-0.1, -0.05) is 22.9 Å². The van der Waals surface area contributed by atoms with E-state index in [-0.39, 0.29) is 5.75 Å². The fraction of sp³-hybridized carbons (Fsp3) is 0.400. The van der Waals surface area contributed by atoms with E-state index in [0.717, 1.165) is 12.0 Å². The van der Waals surface area contributed by atoms with Gasteiger partial charge in [0.25, 0.3) is 0 Å². The highest BCUT2D eigenvalue weighted by molar-refractivity contribution is 7.81. The summed E-state index contributed by atoms with van der Waals surface area (Å²) in [6.07, 6.45) is 0.932. The summed E-state index contributed by atoms with van der Waals surface area (Å²) in [6.45, 7) is 3.11. The minimum atomic E-state index is -4.94. The molecule has 0 radical (unpaired) electrons. The van der Waals surface area contributed by atoms with E-state index in [1.807, 2.05) is 6.92 Å². The molecule has 1 aromatic carbocycles. The first kappa shape index (κ1) is 12.9. The third kappa shape index (κ3) is 5.09. The molecule has 16 heavy (non-hydrogen) atoms. The quantitative estimate of drug-likeness (QED) is 0.572. The van der Waals surface area contributed by atoms with Crippen molar-refractivity contribution in [3.05, 3.63) is 29.8 Å². The second-order valence-corrected chi connectivity index (χ2v) is 4.13. The molecule has 0 aliphatic rings. The summed E-state index contributed by atoms with van der Waals surface area (Å²) in [5.74, 6) is -0.0539. The van der Waals surface area contributed by atoms with E-state index in [1.54, 1.807) is 12.1 Å². The van der Waals surface area contributed by atoms with Gasteiger partial charge in [0.05, 0.1) is 6.61 Å². The largest absolute Gasteiger partial charge is 0.488 e. The molecule has 0 aliphatic carbocycles. The molecule has 0 unspecified atom stereocenters. The van der Waals surface area contributed by atoms with E-state index < -0.39 is 10.5 Å². The van der Waals surface area contributed by atoms with Crippen molar-refractivity contribution in [2.24, 2.45) is 0 Å². The van der Waals surface area contributed by atoms with Gasteiger partial charge in [-0.05, 0) is 24.1 Å². The molecule has 0 saturated heterocycles. The third-order valence-corrected chi connectivity index (χ3v) is 2.13. The predicted molar refractivity (Wildman–Crippen MR) is 57.0 cm³/mol. The maximum absolute atomic E-state index is 12.1. The lowest BCUT2D eigenvalue weighted by atomic mass is 10.2. The van der Waals surface area contributed by atoms with Crippen molar-refractivity contribution < 1.29 is 21.2 Å². The second-order valence-electron chi connectivity index (χ2n) is 3.17. The van der Waals surface area contributed by atoms with Crippen molar-refractivity contribution in [3.63, 3.8) is 0 Å². The van der Waals surface area contributed by atoms with Crippen LogP contribution in [0.3, 0.4) is 0 Å². The Morgan fingerprint density at radius 2 is 1.88 bits per heavy atom. The number of ether oxygens (including phenoxy) is 1. The van der Waals surface area contributed by atoms with Crippen molar-refractivity contribution in [1.82, 2.24) is 0 Å². The molecule has 0 amide bonds. The Bertz CT molecular complexity index is 413. The van der Waals surface area contributed by atoms with E-state index in [2.05, 4.69) is 4.18 Å². The normalized spacial score (nSPS) is 11.4. The first-order valence-electron chi connectivity index (χ1n) is 4.82. The molecule has 1 rings (SSSR count). The molecule has 0 aliphatic heterocycles. The van der Waals surface area contributed by atoms with Crippen LogP contribution < -0.4 is 4.18 Å². The third-order valence-electron chi connectivity index (χ3n) is 1.74. The van der Waals surface area contributed by atoms with Gasteiger partial charge in [-0.2, -0.15) is 8.42 Å². The van der Waals surface area contributed by atoms with Gasteiger partial charge < -0.3 is 8.92 Å². The second kappa shape index (κ2) is 5.81. The van der Waals surface area contributed by atoms with Gasteiger partial charge in [0.15, 0.2) is 0 Å². The Kier molecular flexibility index (Phi) is 4.70. The van der Waals surface area contributed by atoms with Crippen LogP contribution in [-0.4, -0.2) is 15.0 Å². The number of halogens is 1. The highest BCUT2D eigenvalue weighted by Gasteiger charge is 2.08. The van der Waals surface area contributed by atoms with Gasteiger partial charge in [-0.15, -0.1) is 0 Å². The smallest absolute Gasteiger partial charge is 0.377 e. The zero-order valence-electron chi connectivity index (χ0n) is 8.85. The number of hydrogen-bond acceptors (Lipinski definition) is 4. The van der Waals surface area contributed by atoms with Crippen LogP contribution in [0, 0.1) is 0 Å². The van der Waals surface area contributed by atoms with E-state index in [0.29, 0.717) is 13.2 Å². The van der Waals surface area contributed by atoms with Crippen molar-refractivity contribution in [3.8, 4) is 5.75 Å². The van der Waals surface area contributed by atoms with Crippen LogP contribution in [0.25, 0.3) is 0 Å². The Morgan fingerprint density at radius 3 is 2.38 bits per heavy atom. The summed E-state index contributed by atoms with van der Waals surface area (Å²) in [7, 11) is -4.94. The number of hydrogen-bond donors (Lipinski definition) is 0. The molecule has 1 aromatic rings. The van der Waals surface area contributed by atoms with Gasteiger partial charge >= 0.3 is 10.5 Å². The molecule has 0 heterocycles. The van der Waals surface area contributed by atoms with Crippen LogP contribution in [0.2, 0.25) is 0 Å². The van der Waals surface area contributed by atoms with Crippen LogP contribution in [-0.2, 0) is 21.8 Å². The average Bonchev–Trinajstić information content (AvgIpc) is 2.19. The summed E-state index contributed by atoms with van der Waals surface area (Å²) in [4.78, 5) is 0. The summed E-state index contributed by atoms with van der Waals surface area (Å²) in [5.41, 5.74) is 0.872. The van der Waals surface area contributed by atoms with Gasteiger partial charge in [0.1, 0.15) is 5.75 Å². The molecular weight excluding hydrogens is 235 g/mol. The Labute approximate surface area is 94.4 Å². The highest BCUT2D eigenvalue weighted by Crippen LogP contribution is 2.15. The topological polar surface area (TPSA) is 52.6 Å². The lowest BCUT2D eigenvalue weighted by Gasteiger charge is -2.04. The Hall–Kier alpha value is -1.14. The maximum Gasteiger partial charge on any atom is 0.488 e. The van der Waals surface area contributed by atoms with E-state index >= 15 is 0 Å². The molecule has 0 bridgehead atoms.